The summed E-state index contributed by atoms with van der Waals surface area (Å²) in [5, 5.41) is 2.73. The molecule has 2 heterocycles. The van der Waals surface area contributed by atoms with Gasteiger partial charge in [-0.1, -0.05) is 6.07 Å². The molecule has 132 valence electrons. The van der Waals surface area contributed by atoms with Gasteiger partial charge in [0.05, 0.1) is 30.0 Å². The Morgan fingerprint density at radius 1 is 1.20 bits per heavy atom. The Balaban J connectivity index is 1.71. The minimum absolute atomic E-state index is 0.112. The lowest BCUT2D eigenvalue weighted by Gasteiger charge is -2.27. The van der Waals surface area contributed by atoms with E-state index in [1.54, 1.807) is 24.4 Å². The van der Waals surface area contributed by atoms with E-state index in [4.69, 9.17) is 4.74 Å². The molecular formula is C17H19N3O4S. The molecule has 0 bridgehead atoms. The smallest absolute Gasteiger partial charge is 0.255 e. The Labute approximate surface area is 146 Å². The number of morpholine rings is 1. The molecule has 0 saturated carbocycles. The number of carbonyl (C=O) groups is 1. The Kier molecular flexibility index (Phi) is 5.00. The van der Waals surface area contributed by atoms with Crippen LogP contribution in [0.5, 0.6) is 0 Å². The van der Waals surface area contributed by atoms with Gasteiger partial charge < -0.3 is 15.0 Å². The molecule has 0 aliphatic carbocycles. The summed E-state index contributed by atoms with van der Waals surface area (Å²) in [6, 6.07) is 9.56. The molecule has 25 heavy (non-hydrogen) atoms. The number of nitrogens with one attached hydrogen (secondary N) is 1. The highest BCUT2D eigenvalue weighted by atomic mass is 32.2. The van der Waals surface area contributed by atoms with Gasteiger partial charge in [-0.3, -0.25) is 4.79 Å². The number of sulfone groups is 1. The summed E-state index contributed by atoms with van der Waals surface area (Å²) in [5.41, 5.74) is 0.826. The van der Waals surface area contributed by atoms with Crippen molar-refractivity contribution in [2.24, 2.45) is 0 Å². The van der Waals surface area contributed by atoms with Gasteiger partial charge in [-0.25, -0.2) is 13.4 Å². The van der Waals surface area contributed by atoms with Gasteiger partial charge in [0.2, 0.25) is 0 Å². The Morgan fingerprint density at radius 2 is 1.96 bits per heavy atom. The van der Waals surface area contributed by atoms with Crippen LogP contribution in [0.2, 0.25) is 0 Å². The zero-order valence-electron chi connectivity index (χ0n) is 13.8. The monoisotopic (exact) mass is 361 g/mol. The van der Waals surface area contributed by atoms with E-state index in [0.29, 0.717) is 18.9 Å². The maximum Gasteiger partial charge on any atom is 0.255 e. The Morgan fingerprint density at radius 3 is 2.60 bits per heavy atom. The second kappa shape index (κ2) is 7.20. The summed E-state index contributed by atoms with van der Waals surface area (Å²) in [6.45, 7) is 2.93. The lowest BCUT2D eigenvalue weighted by atomic mass is 10.2. The summed E-state index contributed by atoms with van der Waals surface area (Å²) >= 11 is 0. The van der Waals surface area contributed by atoms with Crippen LogP contribution in [0.3, 0.4) is 0 Å². The van der Waals surface area contributed by atoms with Gasteiger partial charge in [0.25, 0.3) is 5.91 Å². The molecule has 0 spiro atoms. The predicted octanol–water partition coefficient (Wildman–Crippen LogP) is 1.57. The van der Waals surface area contributed by atoms with Gasteiger partial charge in [-0.05, 0) is 30.3 Å². The van der Waals surface area contributed by atoms with Crippen molar-refractivity contribution >= 4 is 27.2 Å². The first-order valence-corrected chi connectivity index (χ1v) is 9.73. The van der Waals surface area contributed by atoms with E-state index in [-0.39, 0.29) is 16.4 Å². The van der Waals surface area contributed by atoms with Crippen molar-refractivity contribution in [2.45, 2.75) is 4.90 Å². The van der Waals surface area contributed by atoms with Gasteiger partial charge in [0.1, 0.15) is 5.82 Å². The molecule has 1 saturated heterocycles. The van der Waals surface area contributed by atoms with Crippen molar-refractivity contribution < 1.29 is 17.9 Å². The summed E-state index contributed by atoms with van der Waals surface area (Å²) in [6.07, 6.45) is 2.70. The number of hydrogen-bond acceptors (Lipinski definition) is 6. The van der Waals surface area contributed by atoms with Crippen LogP contribution in [0.4, 0.5) is 11.5 Å². The van der Waals surface area contributed by atoms with Crippen molar-refractivity contribution in [2.75, 3.05) is 42.8 Å². The third-order valence-electron chi connectivity index (χ3n) is 3.87. The van der Waals surface area contributed by atoms with Crippen molar-refractivity contribution in [3.05, 3.63) is 48.2 Å². The fraction of sp³-hybridized carbons (Fsp3) is 0.294. The number of amides is 1. The van der Waals surface area contributed by atoms with Crippen LogP contribution in [-0.4, -0.2) is 51.9 Å². The zero-order valence-corrected chi connectivity index (χ0v) is 14.6. The number of rotatable bonds is 4. The zero-order chi connectivity index (χ0) is 17.9. The molecule has 1 aromatic carbocycles. The number of nitrogens with zero attached hydrogens (tertiary/aromatic N) is 2. The second-order valence-corrected chi connectivity index (χ2v) is 7.77. The number of pyridine rings is 1. The van der Waals surface area contributed by atoms with E-state index in [9.17, 15) is 13.2 Å². The van der Waals surface area contributed by atoms with Gasteiger partial charge >= 0.3 is 0 Å². The van der Waals surface area contributed by atoms with Crippen molar-refractivity contribution in [3.8, 4) is 0 Å². The largest absolute Gasteiger partial charge is 0.378 e. The number of hydrogen-bond donors (Lipinski definition) is 1. The number of ether oxygens (including phenoxy) is 1. The van der Waals surface area contributed by atoms with Crippen LogP contribution in [0, 0.1) is 0 Å². The standard InChI is InChI=1S/C17H19N3O4S/c1-25(22,23)15-4-2-3-13(11-15)17(21)19-14-5-6-16(18-12-14)20-7-9-24-10-8-20/h2-6,11-12H,7-10H2,1H3,(H,19,21). The van der Waals surface area contributed by atoms with Crippen LogP contribution in [0.1, 0.15) is 10.4 Å². The molecule has 1 aromatic heterocycles. The Hall–Kier alpha value is -2.45. The maximum atomic E-state index is 12.3. The van der Waals surface area contributed by atoms with Crippen LogP contribution >= 0.6 is 0 Å². The molecule has 1 fully saturated rings. The summed E-state index contributed by atoms with van der Waals surface area (Å²) in [7, 11) is -3.36. The third-order valence-corrected chi connectivity index (χ3v) is 4.98. The van der Waals surface area contributed by atoms with E-state index in [0.717, 1.165) is 25.2 Å². The van der Waals surface area contributed by atoms with Crippen molar-refractivity contribution in [1.82, 2.24) is 4.98 Å². The van der Waals surface area contributed by atoms with Crippen molar-refractivity contribution in [1.29, 1.82) is 0 Å². The van der Waals surface area contributed by atoms with Gasteiger partial charge in [-0.15, -0.1) is 0 Å². The number of carbonyl (C=O) groups excluding carboxylic acids is 1. The van der Waals surface area contributed by atoms with Crippen LogP contribution in [-0.2, 0) is 14.6 Å². The first-order chi connectivity index (χ1) is 11.9. The van der Waals surface area contributed by atoms with Gasteiger partial charge in [-0.2, -0.15) is 0 Å². The SMILES string of the molecule is CS(=O)(=O)c1cccc(C(=O)Nc2ccc(N3CCOCC3)nc2)c1. The van der Waals surface area contributed by atoms with Crippen LogP contribution in [0.15, 0.2) is 47.5 Å². The molecule has 0 unspecified atom stereocenters. The molecule has 1 amide bonds. The van der Waals surface area contributed by atoms with E-state index >= 15 is 0 Å². The van der Waals surface area contributed by atoms with E-state index in [2.05, 4.69) is 15.2 Å². The highest BCUT2D eigenvalue weighted by molar-refractivity contribution is 7.90. The average Bonchev–Trinajstić information content (AvgIpc) is 2.62. The summed E-state index contributed by atoms with van der Waals surface area (Å²) in [4.78, 5) is 18.9. The maximum absolute atomic E-state index is 12.3. The fourth-order valence-corrected chi connectivity index (χ4v) is 3.18. The lowest BCUT2D eigenvalue weighted by molar-refractivity contribution is 0.102. The quantitative estimate of drug-likeness (QED) is 0.889. The van der Waals surface area contributed by atoms with Gasteiger partial charge in [0.15, 0.2) is 9.84 Å². The molecule has 1 aliphatic heterocycles. The van der Waals surface area contributed by atoms with E-state index in [1.807, 2.05) is 6.07 Å². The third kappa shape index (κ3) is 4.34. The first-order valence-electron chi connectivity index (χ1n) is 7.84. The van der Waals surface area contributed by atoms with E-state index in [1.165, 1.54) is 12.1 Å². The summed E-state index contributed by atoms with van der Waals surface area (Å²) in [5.74, 6) is 0.451. The number of aromatic nitrogens is 1. The van der Waals surface area contributed by atoms with Crippen molar-refractivity contribution in [3.63, 3.8) is 0 Å². The van der Waals surface area contributed by atoms with Crippen LogP contribution < -0.4 is 10.2 Å². The minimum Gasteiger partial charge on any atom is -0.378 e. The Bertz CT molecular complexity index is 860. The highest BCUT2D eigenvalue weighted by Gasteiger charge is 2.14. The molecule has 2 aromatic rings. The predicted molar refractivity (Wildman–Crippen MR) is 94.8 cm³/mol. The summed E-state index contributed by atoms with van der Waals surface area (Å²) < 4.78 is 28.5. The first kappa shape index (κ1) is 17.4. The van der Waals surface area contributed by atoms with E-state index < -0.39 is 9.84 Å². The average molecular weight is 361 g/mol. The topological polar surface area (TPSA) is 88.6 Å². The molecule has 0 atom stereocenters. The molecule has 1 aliphatic rings. The molecule has 8 heteroatoms. The van der Waals surface area contributed by atoms with Gasteiger partial charge in [0, 0.05) is 24.9 Å². The second-order valence-electron chi connectivity index (χ2n) is 5.76. The normalized spacial score (nSPS) is 15.0. The molecule has 0 radical (unpaired) electrons. The fourth-order valence-electron chi connectivity index (χ4n) is 2.51. The minimum atomic E-state index is -3.36. The molecule has 3 rings (SSSR count). The molecular weight excluding hydrogens is 342 g/mol. The number of anilines is 2. The molecule has 7 nitrogen and oxygen atoms in total. The lowest BCUT2D eigenvalue weighted by Crippen LogP contribution is -2.36. The highest BCUT2D eigenvalue weighted by Crippen LogP contribution is 2.17. The molecule has 1 N–H and O–H groups in total. The van der Waals surface area contributed by atoms with Crippen LogP contribution in [0.25, 0.3) is 0 Å². The number of benzene rings is 1.